The van der Waals surface area contributed by atoms with Crippen molar-refractivity contribution in [1.82, 2.24) is 29.3 Å². The fraction of sp³-hybridized carbons (Fsp3) is 1.00. The first-order valence-corrected chi connectivity index (χ1v) is 16.4. The normalized spacial score (nSPS) is 38.6. The molecule has 5 aliphatic rings. The zero-order valence-electron chi connectivity index (χ0n) is 22.1. The van der Waals surface area contributed by atoms with Gasteiger partial charge in [0, 0.05) is 45.1 Å². The number of nitrogens with zero attached hydrogens (tertiary/aromatic N) is 4. The van der Waals surface area contributed by atoms with Crippen LogP contribution in [0.15, 0.2) is 0 Å². The second-order valence-electron chi connectivity index (χ2n) is 10.6. The summed E-state index contributed by atoms with van der Waals surface area (Å²) in [6.45, 7) is 0. The predicted octanol–water partition coefficient (Wildman–Crippen LogP) is 5.06. The van der Waals surface area contributed by atoms with Crippen molar-refractivity contribution in [3.8, 4) is 0 Å². The van der Waals surface area contributed by atoms with Gasteiger partial charge in [-0.05, 0) is 80.8 Å². The van der Waals surface area contributed by atoms with Gasteiger partial charge >= 0.3 is 0 Å². The van der Waals surface area contributed by atoms with Crippen molar-refractivity contribution in [1.29, 1.82) is 0 Å². The summed E-state index contributed by atoms with van der Waals surface area (Å²) in [6.07, 6.45) is 16.7. The van der Waals surface area contributed by atoms with Gasteiger partial charge in [-0.1, -0.05) is 49.8 Å². The number of fused-ring (bicyclic) bond motifs is 2. The molecule has 0 aromatic carbocycles. The molecule has 0 aromatic heterocycles. The Morgan fingerprint density at radius 3 is 1.30 bits per heavy atom. The van der Waals surface area contributed by atoms with Gasteiger partial charge in [-0.2, -0.15) is 0 Å². The topological polar surface area (TPSA) is 37.0 Å². The van der Waals surface area contributed by atoms with Crippen LogP contribution in [0.5, 0.6) is 0 Å². The van der Waals surface area contributed by atoms with Gasteiger partial charge in [0.2, 0.25) is 0 Å². The summed E-state index contributed by atoms with van der Waals surface area (Å²) in [4.78, 5) is 0. The van der Waals surface area contributed by atoms with Crippen LogP contribution in [-0.2, 0) is 0 Å². The third-order valence-electron chi connectivity index (χ3n) is 8.69. The van der Waals surface area contributed by atoms with Gasteiger partial charge in [-0.15, -0.1) is 0 Å². The van der Waals surface area contributed by atoms with Gasteiger partial charge in [0.05, 0.1) is 0 Å². The maximum atomic E-state index is 6.30. The molecular formula is C24H51ClN6P2. The molecule has 9 heteroatoms. The quantitative estimate of drug-likeness (QED) is 0.496. The maximum absolute atomic E-state index is 6.30. The number of hydrogen-bond donors (Lipinski definition) is 2. The molecule has 2 N–H and O–H groups in total. The molecule has 2 aliphatic heterocycles. The van der Waals surface area contributed by atoms with Crippen molar-refractivity contribution in [3.05, 3.63) is 0 Å². The fourth-order valence-corrected chi connectivity index (χ4v) is 10.2. The molecule has 6 nitrogen and oxygen atoms in total. The first-order chi connectivity index (χ1) is 15.9. The zero-order valence-corrected chi connectivity index (χ0v) is 24.7. The Labute approximate surface area is 212 Å². The lowest BCUT2D eigenvalue weighted by Crippen LogP contribution is -2.47. The maximum Gasteiger partial charge on any atom is 0.140 e. The molecule has 0 spiro atoms. The molecular weight excluding hydrogens is 470 g/mol. The fourth-order valence-electron chi connectivity index (χ4n) is 6.65. The number of halogens is 1. The van der Waals surface area contributed by atoms with Gasteiger partial charge in [-0.3, -0.25) is 18.7 Å². The monoisotopic (exact) mass is 520 g/mol. The van der Waals surface area contributed by atoms with E-state index in [9.17, 15) is 0 Å². The molecule has 5 fully saturated rings. The van der Waals surface area contributed by atoms with Crippen LogP contribution in [0.25, 0.3) is 0 Å². The first-order valence-electron chi connectivity index (χ1n) is 13.4. The standard InChI is InChI=1S/C8H16ClN2P.C8H17N2P.C8H18N2/c1-10-7-5-3-4-6-8(7)11(2)12(10)9;1-9-7-5-3-4-6-8(7)10(2)11-9;1-9-7-5-3-4-6-8(7)10-2/h7-8H,3-6H2,1-2H3;7-8,11H,3-6H2,1-2H3;7-10H,3-6H2,1-2H3/t3*7-,8-/m111/s1. The van der Waals surface area contributed by atoms with Gasteiger partial charge in [0.25, 0.3) is 0 Å². The van der Waals surface area contributed by atoms with Crippen LogP contribution in [0.2, 0.25) is 0 Å². The summed E-state index contributed by atoms with van der Waals surface area (Å²) < 4.78 is 9.81. The van der Waals surface area contributed by atoms with Crippen molar-refractivity contribution >= 4 is 27.7 Å². The molecule has 0 radical (unpaired) electrons. The van der Waals surface area contributed by atoms with E-state index in [1.54, 1.807) is 0 Å². The Bertz CT molecular complexity index is 529. The molecule has 2 heterocycles. The lowest BCUT2D eigenvalue weighted by molar-refractivity contribution is 0.233. The average molecular weight is 521 g/mol. The van der Waals surface area contributed by atoms with Gasteiger partial charge in [0.1, 0.15) is 7.58 Å². The van der Waals surface area contributed by atoms with Crippen LogP contribution in [0.4, 0.5) is 0 Å². The Morgan fingerprint density at radius 2 is 0.939 bits per heavy atom. The molecule has 2 saturated heterocycles. The van der Waals surface area contributed by atoms with E-state index in [0.717, 1.165) is 33.0 Å². The van der Waals surface area contributed by atoms with E-state index < -0.39 is 7.58 Å². The Hall–Kier alpha value is 0.910. The molecule has 0 aromatic rings. The number of hydrogen-bond acceptors (Lipinski definition) is 6. The average Bonchev–Trinajstić information content (AvgIpc) is 3.27. The summed E-state index contributed by atoms with van der Waals surface area (Å²) in [5.41, 5.74) is 0. The van der Waals surface area contributed by atoms with Crippen molar-refractivity contribution < 1.29 is 0 Å². The third-order valence-corrected chi connectivity index (χ3v) is 13.0. The van der Waals surface area contributed by atoms with E-state index in [1.807, 2.05) is 0 Å². The van der Waals surface area contributed by atoms with E-state index in [0.29, 0.717) is 12.1 Å². The molecule has 3 aliphatic carbocycles. The van der Waals surface area contributed by atoms with Crippen molar-refractivity contribution in [2.75, 3.05) is 42.3 Å². The minimum absolute atomic E-state index is 0.499. The lowest BCUT2D eigenvalue weighted by Gasteiger charge is -2.30. The summed E-state index contributed by atoms with van der Waals surface area (Å²) in [5, 5.41) is 6.68. The second kappa shape index (κ2) is 14.0. The van der Waals surface area contributed by atoms with Crippen molar-refractivity contribution in [2.45, 2.75) is 113 Å². The third kappa shape index (κ3) is 7.24. The molecule has 6 atom stereocenters. The van der Waals surface area contributed by atoms with Crippen LogP contribution in [0, 0.1) is 0 Å². The van der Waals surface area contributed by atoms with Crippen molar-refractivity contribution in [2.24, 2.45) is 0 Å². The lowest BCUT2D eigenvalue weighted by atomic mass is 9.91. The van der Waals surface area contributed by atoms with Crippen LogP contribution >= 0.6 is 27.7 Å². The Morgan fingerprint density at radius 1 is 0.606 bits per heavy atom. The van der Waals surface area contributed by atoms with Gasteiger partial charge in [-0.25, -0.2) is 0 Å². The first kappa shape index (κ1) is 28.5. The largest absolute Gasteiger partial charge is 0.315 e. The van der Waals surface area contributed by atoms with Crippen LogP contribution < -0.4 is 10.6 Å². The molecule has 0 unspecified atom stereocenters. The molecule has 3 saturated carbocycles. The van der Waals surface area contributed by atoms with E-state index >= 15 is 0 Å². The minimum Gasteiger partial charge on any atom is -0.315 e. The Balaban J connectivity index is 0.000000140. The van der Waals surface area contributed by atoms with E-state index in [4.69, 9.17) is 11.2 Å². The minimum atomic E-state index is -0.499. The highest BCUT2D eigenvalue weighted by atomic mass is 35.7. The van der Waals surface area contributed by atoms with Gasteiger partial charge < -0.3 is 10.6 Å². The SMILES string of the molecule is CN1PN(C)[C@@H]2CCCC[C@H]21.CN1[C@@H]2CCCC[C@H]2N(C)P1Cl.CN[C@@H]1CCCC[C@H]1NC. The van der Waals surface area contributed by atoms with Crippen LogP contribution in [0.1, 0.15) is 77.0 Å². The summed E-state index contributed by atoms with van der Waals surface area (Å²) >= 11 is 6.30. The highest BCUT2D eigenvalue weighted by molar-refractivity contribution is 7.80. The second-order valence-corrected chi connectivity index (χ2v) is 14.9. The van der Waals surface area contributed by atoms with Crippen molar-refractivity contribution in [3.63, 3.8) is 0 Å². The smallest absolute Gasteiger partial charge is 0.140 e. The van der Waals surface area contributed by atoms with Crippen LogP contribution in [0.3, 0.4) is 0 Å². The van der Waals surface area contributed by atoms with E-state index in [2.05, 4.69) is 71.6 Å². The predicted molar refractivity (Wildman–Crippen MR) is 148 cm³/mol. The van der Waals surface area contributed by atoms with E-state index in [1.165, 1.54) is 77.0 Å². The Kier molecular flexibility index (Phi) is 12.1. The molecule has 0 bridgehead atoms. The molecule has 194 valence electrons. The van der Waals surface area contributed by atoms with Gasteiger partial charge in [0.15, 0.2) is 0 Å². The van der Waals surface area contributed by atoms with E-state index in [-0.39, 0.29) is 0 Å². The highest BCUT2D eigenvalue weighted by Crippen LogP contribution is 2.58. The number of nitrogens with one attached hydrogen (secondary N) is 2. The summed E-state index contributed by atoms with van der Waals surface area (Å²) in [5.74, 6) is 0. The molecule has 0 amide bonds. The number of likely N-dealkylation sites (N-methyl/N-ethyl adjacent to an activating group) is 6. The zero-order chi connectivity index (χ0) is 24.0. The molecule has 5 rings (SSSR count). The van der Waals surface area contributed by atoms with Crippen LogP contribution in [-0.4, -0.2) is 97.2 Å². The summed E-state index contributed by atoms with van der Waals surface area (Å²) in [7, 11) is 13.4. The number of rotatable bonds is 2. The molecule has 33 heavy (non-hydrogen) atoms. The highest BCUT2D eigenvalue weighted by Gasteiger charge is 2.43. The summed E-state index contributed by atoms with van der Waals surface area (Å²) in [6, 6.07) is 4.66.